The summed E-state index contributed by atoms with van der Waals surface area (Å²) in [6, 6.07) is 6.96. The molecular formula is C11H15NO3. The number of carboxylic acids is 1. The summed E-state index contributed by atoms with van der Waals surface area (Å²) in [6.45, 7) is 2.09. The van der Waals surface area contributed by atoms with Crippen molar-refractivity contribution >= 4 is 5.97 Å². The first-order valence-electron chi connectivity index (χ1n) is 4.73. The van der Waals surface area contributed by atoms with E-state index < -0.39 is 12.0 Å². The molecule has 0 amide bonds. The first-order chi connectivity index (χ1) is 7.15. The van der Waals surface area contributed by atoms with Gasteiger partial charge in [-0.05, 0) is 13.0 Å². The summed E-state index contributed by atoms with van der Waals surface area (Å²) in [5.41, 5.74) is 0.952. The van der Waals surface area contributed by atoms with Gasteiger partial charge in [-0.15, -0.1) is 0 Å². The summed E-state index contributed by atoms with van der Waals surface area (Å²) in [5, 5.41) is 11.6. The number of para-hydroxylation sites is 1. The van der Waals surface area contributed by atoms with Crippen LogP contribution < -0.4 is 10.1 Å². The summed E-state index contributed by atoms with van der Waals surface area (Å²) in [7, 11) is 1.60. The topological polar surface area (TPSA) is 58.6 Å². The van der Waals surface area contributed by atoms with Gasteiger partial charge >= 0.3 is 5.97 Å². The van der Waals surface area contributed by atoms with E-state index in [1.54, 1.807) is 14.0 Å². The van der Waals surface area contributed by atoms with E-state index in [1.807, 2.05) is 24.3 Å². The Kier molecular flexibility index (Phi) is 4.12. The van der Waals surface area contributed by atoms with Crippen molar-refractivity contribution in [2.45, 2.75) is 19.5 Å². The van der Waals surface area contributed by atoms with Crippen molar-refractivity contribution in [2.75, 3.05) is 7.11 Å². The molecule has 82 valence electrons. The van der Waals surface area contributed by atoms with Crippen molar-refractivity contribution in [1.82, 2.24) is 5.32 Å². The van der Waals surface area contributed by atoms with Crippen molar-refractivity contribution in [2.24, 2.45) is 0 Å². The highest BCUT2D eigenvalue weighted by atomic mass is 16.5. The highest BCUT2D eigenvalue weighted by molar-refractivity contribution is 5.72. The molecule has 0 aromatic heterocycles. The molecular weight excluding hydrogens is 194 g/mol. The minimum atomic E-state index is -0.857. The molecule has 4 nitrogen and oxygen atoms in total. The molecule has 0 heterocycles. The smallest absolute Gasteiger partial charge is 0.320 e. The molecule has 1 unspecified atom stereocenters. The van der Waals surface area contributed by atoms with E-state index in [0.717, 1.165) is 11.3 Å². The lowest BCUT2D eigenvalue weighted by atomic mass is 10.2. The van der Waals surface area contributed by atoms with Crippen LogP contribution in [0, 0.1) is 0 Å². The van der Waals surface area contributed by atoms with Crippen molar-refractivity contribution < 1.29 is 14.6 Å². The molecule has 0 radical (unpaired) electrons. The van der Waals surface area contributed by atoms with Gasteiger partial charge in [-0.25, -0.2) is 0 Å². The van der Waals surface area contributed by atoms with E-state index in [0.29, 0.717) is 6.54 Å². The number of benzene rings is 1. The van der Waals surface area contributed by atoms with Crippen LogP contribution in [0.3, 0.4) is 0 Å². The van der Waals surface area contributed by atoms with Crippen LogP contribution >= 0.6 is 0 Å². The monoisotopic (exact) mass is 209 g/mol. The van der Waals surface area contributed by atoms with E-state index >= 15 is 0 Å². The molecule has 0 fully saturated rings. The molecule has 0 aliphatic rings. The van der Waals surface area contributed by atoms with Gasteiger partial charge in [0.05, 0.1) is 7.11 Å². The Morgan fingerprint density at radius 2 is 2.20 bits per heavy atom. The van der Waals surface area contributed by atoms with Gasteiger partial charge in [0, 0.05) is 12.1 Å². The molecule has 15 heavy (non-hydrogen) atoms. The van der Waals surface area contributed by atoms with Gasteiger partial charge in [0.1, 0.15) is 11.8 Å². The molecule has 1 atom stereocenters. The standard InChI is InChI=1S/C11H15NO3/c1-8(11(13)14)12-7-9-5-3-4-6-10(9)15-2/h3-6,8,12H,7H2,1-2H3,(H,13,14). The Morgan fingerprint density at radius 1 is 1.53 bits per heavy atom. The van der Waals surface area contributed by atoms with Gasteiger partial charge in [-0.2, -0.15) is 0 Å². The molecule has 0 saturated carbocycles. The third-order valence-electron chi connectivity index (χ3n) is 2.16. The maximum absolute atomic E-state index is 10.6. The first kappa shape index (κ1) is 11.5. The minimum Gasteiger partial charge on any atom is -0.496 e. The number of hydrogen-bond donors (Lipinski definition) is 2. The molecule has 4 heteroatoms. The summed E-state index contributed by atoms with van der Waals surface area (Å²) in [4.78, 5) is 10.6. The largest absolute Gasteiger partial charge is 0.496 e. The number of hydrogen-bond acceptors (Lipinski definition) is 3. The second kappa shape index (κ2) is 5.36. The third kappa shape index (κ3) is 3.25. The lowest BCUT2D eigenvalue weighted by Gasteiger charge is -2.11. The minimum absolute atomic E-state index is 0.484. The number of nitrogens with one attached hydrogen (secondary N) is 1. The van der Waals surface area contributed by atoms with E-state index in [9.17, 15) is 4.79 Å². The fraction of sp³-hybridized carbons (Fsp3) is 0.364. The van der Waals surface area contributed by atoms with Crippen LogP contribution in [0.4, 0.5) is 0 Å². The Balaban J connectivity index is 2.60. The number of methoxy groups -OCH3 is 1. The zero-order chi connectivity index (χ0) is 11.3. The summed E-state index contributed by atoms with van der Waals surface area (Å²) in [5.74, 6) is -0.0903. The summed E-state index contributed by atoms with van der Waals surface area (Å²) in [6.07, 6.45) is 0. The van der Waals surface area contributed by atoms with E-state index in [-0.39, 0.29) is 0 Å². The third-order valence-corrected chi connectivity index (χ3v) is 2.16. The highest BCUT2D eigenvalue weighted by Gasteiger charge is 2.10. The van der Waals surface area contributed by atoms with Crippen LogP contribution in [0.2, 0.25) is 0 Å². The van der Waals surface area contributed by atoms with E-state index in [1.165, 1.54) is 0 Å². The Bertz CT molecular complexity index is 338. The number of rotatable bonds is 5. The van der Waals surface area contributed by atoms with Gasteiger partial charge in [0.15, 0.2) is 0 Å². The fourth-order valence-corrected chi connectivity index (χ4v) is 1.20. The van der Waals surface area contributed by atoms with E-state index in [2.05, 4.69) is 5.32 Å². The molecule has 0 aliphatic heterocycles. The summed E-state index contributed by atoms with van der Waals surface area (Å²) < 4.78 is 5.15. The van der Waals surface area contributed by atoms with Gasteiger partial charge in [-0.1, -0.05) is 18.2 Å². The average Bonchev–Trinajstić information content (AvgIpc) is 2.26. The van der Waals surface area contributed by atoms with Gasteiger partial charge in [0.25, 0.3) is 0 Å². The van der Waals surface area contributed by atoms with Crippen LogP contribution in [0.25, 0.3) is 0 Å². The number of carboxylic acid groups (broad SMARTS) is 1. The molecule has 1 aromatic carbocycles. The quantitative estimate of drug-likeness (QED) is 0.766. The first-order valence-corrected chi connectivity index (χ1v) is 4.73. The molecule has 0 spiro atoms. The lowest BCUT2D eigenvalue weighted by Crippen LogP contribution is -2.33. The molecule has 0 aliphatic carbocycles. The normalized spacial score (nSPS) is 12.1. The highest BCUT2D eigenvalue weighted by Crippen LogP contribution is 2.16. The number of aliphatic carboxylic acids is 1. The van der Waals surface area contributed by atoms with Gasteiger partial charge < -0.3 is 15.2 Å². The molecule has 1 rings (SSSR count). The predicted molar refractivity (Wildman–Crippen MR) is 56.9 cm³/mol. The Hall–Kier alpha value is -1.55. The molecule has 0 saturated heterocycles. The van der Waals surface area contributed by atoms with E-state index in [4.69, 9.17) is 9.84 Å². The zero-order valence-corrected chi connectivity index (χ0v) is 8.86. The van der Waals surface area contributed by atoms with Crippen LogP contribution in [-0.4, -0.2) is 24.2 Å². The molecule has 2 N–H and O–H groups in total. The van der Waals surface area contributed by atoms with Crippen LogP contribution in [0.15, 0.2) is 24.3 Å². The Labute approximate surface area is 88.9 Å². The second-order valence-corrected chi connectivity index (χ2v) is 3.25. The van der Waals surface area contributed by atoms with Crippen LogP contribution in [0.1, 0.15) is 12.5 Å². The second-order valence-electron chi connectivity index (χ2n) is 3.25. The Morgan fingerprint density at radius 3 is 2.80 bits per heavy atom. The van der Waals surface area contributed by atoms with Crippen molar-refractivity contribution in [1.29, 1.82) is 0 Å². The zero-order valence-electron chi connectivity index (χ0n) is 8.86. The summed E-state index contributed by atoms with van der Waals surface area (Å²) >= 11 is 0. The van der Waals surface area contributed by atoms with Crippen molar-refractivity contribution in [3.63, 3.8) is 0 Å². The van der Waals surface area contributed by atoms with Crippen molar-refractivity contribution in [3.05, 3.63) is 29.8 Å². The average molecular weight is 209 g/mol. The molecule has 0 bridgehead atoms. The van der Waals surface area contributed by atoms with Crippen molar-refractivity contribution in [3.8, 4) is 5.75 Å². The maximum Gasteiger partial charge on any atom is 0.320 e. The van der Waals surface area contributed by atoms with Crippen LogP contribution in [0.5, 0.6) is 5.75 Å². The maximum atomic E-state index is 10.6. The number of ether oxygens (including phenoxy) is 1. The van der Waals surface area contributed by atoms with Crippen LogP contribution in [-0.2, 0) is 11.3 Å². The van der Waals surface area contributed by atoms with Gasteiger partial charge in [-0.3, -0.25) is 4.79 Å². The predicted octanol–water partition coefficient (Wildman–Crippen LogP) is 1.26. The fourth-order valence-electron chi connectivity index (χ4n) is 1.20. The molecule has 1 aromatic rings. The SMILES string of the molecule is COc1ccccc1CNC(C)C(=O)O. The number of carbonyl (C=O) groups is 1. The van der Waals surface area contributed by atoms with Gasteiger partial charge in [0.2, 0.25) is 0 Å². The lowest BCUT2D eigenvalue weighted by molar-refractivity contribution is -0.139.